The fraction of sp³-hybridized carbons (Fsp3) is 0.304. The summed E-state index contributed by atoms with van der Waals surface area (Å²) in [5.74, 6) is -1.51. The van der Waals surface area contributed by atoms with E-state index in [1.54, 1.807) is 60.4 Å². The number of ether oxygens (including phenoxy) is 1. The van der Waals surface area contributed by atoms with Gasteiger partial charge in [-0.1, -0.05) is 24.3 Å². The van der Waals surface area contributed by atoms with Gasteiger partial charge in [-0.2, -0.15) is 0 Å². The summed E-state index contributed by atoms with van der Waals surface area (Å²) in [6.07, 6.45) is 1.06. The van der Waals surface area contributed by atoms with E-state index in [0.717, 1.165) is 17.7 Å². The lowest BCUT2D eigenvalue weighted by molar-refractivity contribution is -0.138. The first kappa shape index (κ1) is 19.8. The summed E-state index contributed by atoms with van der Waals surface area (Å²) in [6.45, 7) is 3.00. The zero-order valence-corrected chi connectivity index (χ0v) is 16.7. The number of carbonyl (C=O) groups excluding carboxylic acids is 4. The predicted octanol–water partition coefficient (Wildman–Crippen LogP) is 2.65. The molecule has 0 aliphatic carbocycles. The Balaban J connectivity index is 1.44. The molecule has 2 aromatic rings. The van der Waals surface area contributed by atoms with Gasteiger partial charge in [0.2, 0.25) is 0 Å². The molecular weight excluding hydrogens is 384 g/mol. The van der Waals surface area contributed by atoms with E-state index >= 15 is 0 Å². The van der Waals surface area contributed by atoms with Crippen LogP contribution in [0.3, 0.4) is 0 Å². The highest BCUT2D eigenvalue weighted by molar-refractivity contribution is 6.21. The molecule has 0 unspecified atom stereocenters. The van der Waals surface area contributed by atoms with Gasteiger partial charge in [-0.3, -0.25) is 19.3 Å². The Labute approximate surface area is 174 Å². The molecule has 2 aromatic carbocycles. The second kappa shape index (κ2) is 8.10. The normalized spacial score (nSPS) is 16.6. The third-order valence-electron chi connectivity index (χ3n) is 5.43. The number of amides is 3. The molecule has 0 radical (unpaired) electrons. The Morgan fingerprint density at radius 2 is 1.60 bits per heavy atom. The monoisotopic (exact) mass is 406 g/mol. The lowest BCUT2D eigenvalue weighted by Gasteiger charge is -2.20. The Morgan fingerprint density at radius 1 is 0.967 bits per heavy atom. The van der Waals surface area contributed by atoms with Crippen molar-refractivity contribution in [1.29, 1.82) is 0 Å². The van der Waals surface area contributed by atoms with Crippen LogP contribution in [0.25, 0.3) is 0 Å². The minimum Gasteiger partial charge on any atom is -0.449 e. The molecule has 3 amide bonds. The first-order chi connectivity index (χ1) is 14.5. The van der Waals surface area contributed by atoms with Crippen LogP contribution in [0.4, 0.5) is 0 Å². The van der Waals surface area contributed by atoms with Crippen LogP contribution in [0.5, 0.6) is 0 Å². The van der Waals surface area contributed by atoms with E-state index in [0.29, 0.717) is 29.8 Å². The second-order valence-electron chi connectivity index (χ2n) is 7.52. The predicted molar refractivity (Wildman–Crippen MR) is 108 cm³/mol. The molecule has 1 fully saturated rings. The van der Waals surface area contributed by atoms with Crippen LogP contribution in [-0.2, 0) is 16.1 Å². The Kier molecular flexibility index (Phi) is 5.35. The second-order valence-corrected chi connectivity index (χ2v) is 7.52. The van der Waals surface area contributed by atoms with Gasteiger partial charge in [0.1, 0.15) is 0 Å². The molecule has 0 aromatic heterocycles. The maximum Gasteiger partial charge on any atom is 0.338 e. The molecule has 0 N–H and O–H groups in total. The molecule has 0 saturated carbocycles. The number of benzene rings is 2. The standard InChI is InChI=1S/C23H22N2O5/c1-15(20(26)24-11-4-5-12-24)30-23(29)17-8-6-7-16(13-17)14-25-21(27)18-9-2-3-10-19(18)22(25)28/h2-3,6-10,13,15H,4-5,11-12,14H2,1H3/t15-/m1/s1. The Morgan fingerprint density at radius 3 is 2.23 bits per heavy atom. The number of carbonyl (C=O) groups is 4. The number of hydrogen-bond donors (Lipinski definition) is 0. The fourth-order valence-corrected chi connectivity index (χ4v) is 3.84. The van der Waals surface area contributed by atoms with Crippen molar-refractivity contribution in [2.45, 2.75) is 32.4 Å². The molecule has 0 spiro atoms. The highest BCUT2D eigenvalue weighted by Crippen LogP contribution is 2.24. The molecule has 30 heavy (non-hydrogen) atoms. The molecule has 0 bridgehead atoms. The van der Waals surface area contributed by atoms with Crippen LogP contribution < -0.4 is 0 Å². The van der Waals surface area contributed by atoms with Gasteiger partial charge < -0.3 is 9.64 Å². The summed E-state index contributed by atoms with van der Waals surface area (Å²) >= 11 is 0. The molecule has 7 nitrogen and oxygen atoms in total. The summed E-state index contributed by atoms with van der Waals surface area (Å²) in [4.78, 5) is 52.8. The molecule has 2 aliphatic heterocycles. The molecule has 2 aliphatic rings. The minimum absolute atomic E-state index is 0.0513. The van der Waals surface area contributed by atoms with Crippen LogP contribution in [0.1, 0.15) is 56.4 Å². The average molecular weight is 406 g/mol. The van der Waals surface area contributed by atoms with E-state index < -0.39 is 12.1 Å². The number of likely N-dealkylation sites (tertiary alicyclic amines) is 1. The summed E-state index contributed by atoms with van der Waals surface area (Å²) in [7, 11) is 0. The quantitative estimate of drug-likeness (QED) is 0.563. The first-order valence-electron chi connectivity index (χ1n) is 9.99. The van der Waals surface area contributed by atoms with Gasteiger partial charge in [-0.25, -0.2) is 4.79 Å². The lowest BCUT2D eigenvalue weighted by atomic mass is 10.1. The number of esters is 1. The molecule has 2 heterocycles. The van der Waals surface area contributed by atoms with E-state index in [2.05, 4.69) is 0 Å². The lowest BCUT2D eigenvalue weighted by Crippen LogP contribution is -2.38. The topological polar surface area (TPSA) is 84.0 Å². The molecule has 7 heteroatoms. The average Bonchev–Trinajstić information content (AvgIpc) is 3.37. The maximum absolute atomic E-state index is 12.5. The van der Waals surface area contributed by atoms with Gasteiger partial charge in [-0.05, 0) is 49.6 Å². The van der Waals surface area contributed by atoms with Gasteiger partial charge >= 0.3 is 5.97 Å². The minimum atomic E-state index is -0.865. The smallest absolute Gasteiger partial charge is 0.338 e. The zero-order chi connectivity index (χ0) is 21.3. The van der Waals surface area contributed by atoms with Gasteiger partial charge in [0.15, 0.2) is 6.10 Å². The van der Waals surface area contributed by atoms with E-state index in [1.807, 2.05) is 0 Å². The van der Waals surface area contributed by atoms with Crippen LogP contribution in [0.15, 0.2) is 48.5 Å². The van der Waals surface area contributed by atoms with Gasteiger partial charge in [0.05, 0.1) is 23.2 Å². The largest absolute Gasteiger partial charge is 0.449 e. The van der Waals surface area contributed by atoms with Gasteiger partial charge in [0.25, 0.3) is 17.7 Å². The molecule has 1 atom stereocenters. The third kappa shape index (κ3) is 3.70. The number of nitrogens with zero attached hydrogens (tertiary/aromatic N) is 2. The number of imide groups is 1. The maximum atomic E-state index is 12.5. The van der Waals surface area contributed by atoms with Crippen molar-refractivity contribution >= 4 is 23.7 Å². The summed E-state index contributed by atoms with van der Waals surface area (Å²) < 4.78 is 5.35. The molecule has 154 valence electrons. The Bertz CT molecular complexity index is 991. The summed E-state index contributed by atoms with van der Waals surface area (Å²) in [5.41, 5.74) is 1.65. The molecule has 1 saturated heterocycles. The van der Waals surface area contributed by atoms with Gasteiger partial charge in [-0.15, -0.1) is 0 Å². The van der Waals surface area contributed by atoms with E-state index in [1.165, 1.54) is 0 Å². The SMILES string of the molecule is C[C@@H](OC(=O)c1cccc(CN2C(=O)c3ccccc3C2=O)c1)C(=O)N1CCCC1. The van der Waals surface area contributed by atoms with E-state index in [-0.39, 0.29) is 29.8 Å². The van der Waals surface area contributed by atoms with Crippen LogP contribution in [0, 0.1) is 0 Å². The van der Waals surface area contributed by atoms with E-state index in [4.69, 9.17) is 4.74 Å². The third-order valence-corrected chi connectivity index (χ3v) is 5.43. The fourth-order valence-electron chi connectivity index (χ4n) is 3.84. The van der Waals surface area contributed by atoms with Crippen molar-refractivity contribution in [3.05, 3.63) is 70.8 Å². The van der Waals surface area contributed by atoms with Crippen LogP contribution >= 0.6 is 0 Å². The van der Waals surface area contributed by atoms with Crippen molar-refractivity contribution in [2.75, 3.05) is 13.1 Å². The van der Waals surface area contributed by atoms with Crippen molar-refractivity contribution < 1.29 is 23.9 Å². The Hall–Kier alpha value is -3.48. The molecule has 4 rings (SSSR count). The molecular formula is C23H22N2O5. The van der Waals surface area contributed by atoms with Crippen molar-refractivity contribution in [2.24, 2.45) is 0 Å². The highest BCUT2D eigenvalue weighted by atomic mass is 16.5. The highest BCUT2D eigenvalue weighted by Gasteiger charge is 2.35. The summed E-state index contributed by atoms with van der Waals surface area (Å²) in [6, 6.07) is 13.3. The summed E-state index contributed by atoms with van der Waals surface area (Å²) in [5, 5.41) is 0. The number of fused-ring (bicyclic) bond motifs is 1. The van der Waals surface area contributed by atoms with Crippen LogP contribution in [0.2, 0.25) is 0 Å². The van der Waals surface area contributed by atoms with Gasteiger partial charge in [0, 0.05) is 13.1 Å². The number of hydrogen-bond acceptors (Lipinski definition) is 5. The van der Waals surface area contributed by atoms with Crippen molar-refractivity contribution in [3.63, 3.8) is 0 Å². The van der Waals surface area contributed by atoms with E-state index in [9.17, 15) is 19.2 Å². The van der Waals surface area contributed by atoms with Crippen molar-refractivity contribution in [1.82, 2.24) is 9.80 Å². The van der Waals surface area contributed by atoms with Crippen molar-refractivity contribution in [3.8, 4) is 0 Å². The first-order valence-corrected chi connectivity index (χ1v) is 9.99. The zero-order valence-electron chi connectivity index (χ0n) is 16.7. The van der Waals surface area contributed by atoms with Crippen LogP contribution in [-0.4, -0.2) is 52.7 Å². The number of rotatable bonds is 5.